The van der Waals surface area contributed by atoms with Gasteiger partial charge in [-0.25, -0.2) is 4.79 Å². The first-order valence-electron chi connectivity index (χ1n) is 11.4. The Hall–Kier alpha value is -4.23. The van der Waals surface area contributed by atoms with E-state index >= 15 is 0 Å². The van der Waals surface area contributed by atoms with E-state index in [1.54, 1.807) is 32.0 Å². The Bertz CT molecular complexity index is 1430. The number of carbonyl (C=O) groups excluding carboxylic acids is 2. The van der Waals surface area contributed by atoms with Crippen molar-refractivity contribution in [1.29, 1.82) is 5.26 Å². The van der Waals surface area contributed by atoms with Crippen LogP contribution in [0, 0.1) is 28.4 Å². The molecule has 4 rings (SSSR count). The zero-order valence-corrected chi connectivity index (χ0v) is 20.6. The maximum absolute atomic E-state index is 13.0. The summed E-state index contributed by atoms with van der Waals surface area (Å²) in [7, 11) is 0. The van der Waals surface area contributed by atoms with Gasteiger partial charge in [-0.2, -0.15) is 5.26 Å². The monoisotopic (exact) mass is 505 g/mol. The van der Waals surface area contributed by atoms with Gasteiger partial charge in [-0.05, 0) is 68.9 Å². The summed E-state index contributed by atoms with van der Waals surface area (Å²) in [6, 6.07) is 9.58. The maximum atomic E-state index is 13.0. The van der Waals surface area contributed by atoms with Crippen molar-refractivity contribution in [3.8, 4) is 17.4 Å². The number of ether oxygens (including phenoxy) is 1. The van der Waals surface area contributed by atoms with E-state index in [2.05, 4.69) is 5.32 Å². The molecule has 1 aliphatic rings. The minimum Gasteiger partial charge on any atom is -0.462 e. The largest absolute Gasteiger partial charge is 0.462 e. The van der Waals surface area contributed by atoms with Crippen LogP contribution in [0.25, 0.3) is 17.4 Å². The Kier molecular flexibility index (Phi) is 7.31. The Labute approximate surface area is 211 Å². The minimum absolute atomic E-state index is 0.0243. The summed E-state index contributed by atoms with van der Waals surface area (Å²) in [5.41, 5.74) is 2.38. The number of rotatable bonds is 7. The second-order valence-electron chi connectivity index (χ2n) is 8.22. The SMILES string of the molecule is CCOC(=O)c1c(NC(=O)/C(C#N)=C/c2ccc(-c3ccc([N+](=O)[O-])cc3C)o2)sc2c1CCCC2. The van der Waals surface area contributed by atoms with Crippen LogP contribution in [-0.2, 0) is 22.4 Å². The number of esters is 1. The number of hydrogen-bond acceptors (Lipinski definition) is 8. The van der Waals surface area contributed by atoms with Crippen molar-refractivity contribution < 1.29 is 23.7 Å². The van der Waals surface area contributed by atoms with Gasteiger partial charge in [0.05, 0.1) is 17.1 Å². The average molecular weight is 506 g/mol. The summed E-state index contributed by atoms with van der Waals surface area (Å²) >= 11 is 1.34. The number of aryl methyl sites for hydroxylation is 2. The molecule has 1 N–H and O–H groups in total. The van der Waals surface area contributed by atoms with Crippen LogP contribution < -0.4 is 5.32 Å². The lowest BCUT2D eigenvalue weighted by Gasteiger charge is -2.12. The predicted octanol–water partition coefficient (Wildman–Crippen LogP) is 5.83. The zero-order chi connectivity index (χ0) is 25.8. The summed E-state index contributed by atoms with van der Waals surface area (Å²) in [5.74, 6) is -0.428. The van der Waals surface area contributed by atoms with Gasteiger partial charge < -0.3 is 14.5 Å². The fourth-order valence-corrected chi connectivity index (χ4v) is 5.42. The fraction of sp³-hybridized carbons (Fsp3) is 0.269. The van der Waals surface area contributed by atoms with Gasteiger partial charge in [0.25, 0.3) is 11.6 Å². The van der Waals surface area contributed by atoms with Crippen molar-refractivity contribution in [2.45, 2.75) is 39.5 Å². The molecular weight excluding hydrogens is 482 g/mol. The fourth-order valence-electron chi connectivity index (χ4n) is 4.15. The average Bonchev–Trinajstić information content (AvgIpc) is 3.46. The van der Waals surface area contributed by atoms with Crippen LogP contribution in [0.4, 0.5) is 10.7 Å². The molecule has 0 unspecified atom stereocenters. The second kappa shape index (κ2) is 10.6. The lowest BCUT2D eigenvalue weighted by molar-refractivity contribution is -0.384. The van der Waals surface area contributed by atoms with Crippen molar-refractivity contribution in [3.05, 3.63) is 73.3 Å². The van der Waals surface area contributed by atoms with Crippen LogP contribution >= 0.6 is 11.3 Å². The molecule has 1 aromatic carbocycles. The Morgan fingerprint density at radius 1 is 1.28 bits per heavy atom. The molecule has 2 aromatic heterocycles. The van der Waals surface area contributed by atoms with Crippen LogP contribution in [0.5, 0.6) is 0 Å². The number of fused-ring (bicyclic) bond motifs is 1. The number of anilines is 1. The molecule has 1 amide bonds. The highest BCUT2D eigenvalue weighted by atomic mass is 32.1. The third-order valence-electron chi connectivity index (χ3n) is 5.84. The highest BCUT2D eigenvalue weighted by Crippen LogP contribution is 2.39. The van der Waals surface area contributed by atoms with E-state index in [0.717, 1.165) is 36.1 Å². The van der Waals surface area contributed by atoms with E-state index in [1.807, 2.05) is 6.07 Å². The molecule has 3 aromatic rings. The predicted molar refractivity (Wildman–Crippen MR) is 135 cm³/mol. The van der Waals surface area contributed by atoms with Gasteiger partial charge >= 0.3 is 5.97 Å². The molecule has 0 aliphatic heterocycles. The molecule has 0 saturated heterocycles. The smallest absolute Gasteiger partial charge is 0.341 e. The van der Waals surface area contributed by atoms with Crippen LogP contribution in [0.3, 0.4) is 0 Å². The number of carbonyl (C=O) groups is 2. The first-order chi connectivity index (χ1) is 17.3. The minimum atomic E-state index is -0.661. The number of nitriles is 1. The van der Waals surface area contributed by atoms with Crippen LogP contribution in [0.2, 0.25) is 0 Å². The number of furan rings is 1. The molecule has 184 valence electrons. The van der Waals surface area contributed by atoms with E-state index in [-0.39, 0.29) is 23.6 Å². The molecule has 0 spiro atoms. The van der Waals surface area contributed by atoms with Crippen LogP contribution in [-0.4, -0.2) is 23.4 Å². The number of non-ortho nitro benzene ring substituents is 1. The van der Waals surface area contributed by atoms with E-state index < -0.39 is 16.8 Å². The highest BCUT2D eigenvalue weighted by Gasteiger charge is 2.28. The topological polar surface area (TPSA) is 135 Å². The molecule has 36 heavy (non-hydrogen) atoms. The standard InChI is InChI=1S/C26H23N3O6S/c1-3-34-26(31)23-20-6-4-5-7-22(20)36-25(23)28-24(30)16(14-27)13-18-9-11-21(35-18)19-10-8-17(29(32)33)12-15(19)2/h8-13H,3-7H2,1-2H3,(H,28,30)/b16-13+. The second-order valence-corrected chi connectivity index (χ2v) is 9.32. The normalized spacial score (nSPS) is 13.0. The number of nitro benzene ring substituents is 1. The summed E-state index contributed by atoms with van der Waals surface area (Å²) in [5, 5.41) is 23.7. The molecule has 0 saturated carbocycles. The molecule has 0 fully saturated rings. The third-order valence-corrected chi connectivity index (χ3v) is 7.05. The molecule has 9 nitrogen and oxygen atoms in total. The van der Waals surface area contributed by atoms with Gasteiger partial charge in [0, 0.05) is 28.6 Å². The Balaban J connectivity index is 1.59. The van der Waals surface area contributed by atoms with Crippen molar-refractivity contribution in [2.75, 3.05) is 11.9 Å². The van der Waals surface area contributed by atoms with Gasteiger partial charge in [0.2, 0.25) is 0 Å². The van der Waals surface area contributed by atoms with Gasteiger partial charge in [-0.1, -0.05) is 0 Å². The zero-order valence-electron chi connectivity index (χ0n) is 19.8. The molecule has 1 aliphatic carbocycles. The quantitative estimate of drug-likeness (QED) is 0.140. The number of amides is 1. The molecule has 0 atom stereocenters. The number of benzene rings is 1. The van der Waals surface area contributed by atoms with Crippen LogP contribution in [0.1, 0.15) is 51.9 Å². The van der Waals surface area contributed by atoms with E-state index in [9.17, 15) is 25.0 Å². The van der Waals surface area contributed by atoms with Crippen LogP contribution in [0.15, 0.2) is 40.3 Å². The van der Waals surface area contributed by atoms with Gasteiger partial charge in [-0.15, -0.1) is 11.3 Å². The lowest BCUT2D eigenvalue weighted by Crippen LogP contribution is -2.16. The Morgan fingerprint density at radius 2 is 2.06 bits per heavy atom. The van der Waals surface area contributed by atoms with Gasteiger partial charge in [-0.3, -0.25) is 14.9 Å². The number of nitrogens with zero attached hydrogens (tertiary/aromatic N) is 2. The molecule has 0 radical (unpaired) electrons. The van der Waals surface area contributed by atoms with Gasteiger partial charge in [0.15, 0.2) is 0 Å². The summed E-state index contributed by atoms with van der Waals surface area (Å²) in [6.07, 6.45) is 4.87. The number of nitrogens with one attached hydrogen (secondary N) is 1. The van der Waals surface area contributed by atoms with E-state index in [4.69, 9.17) is 9.15 Å². The first-order valence-corrected chi connectivity index (χ1v) is 12.2. The number of nitro groups is 1. The van der Waals surface area contributed by atoms with Crippen molar-refractivity contribution in [1.82, 2.24) is 0 Å². The molecule has 0 bridgehead atoms. The van der Waals surface area contributed by atoms with Crippen molar-refractivity contribution >= 4 is 40.0 Å². The van der Waals surface area contributed by atoms with Crippen molar-refractivity contribution in [3.63, 3.8) is 0 Å². The van der Waals surface area contributed by atoms with E-state index in [1.165, 1.54) is 29.5 Å². The number of hydrogen-bond donors (Lipinski definition) is 1. The maximum Gasteiger partial charge on any atom is 0.341 e. The van der Waals surface area contributed by atoms with Crippen molar-refractivity contribution in [2.24, 2.45) is 0 Å². The first kappa shape index (κ1) is 24.9. The molecule has 2 heterocycles. The summed E-state index contributed by atoms with van der Waals surface area (Å²) in [4.78, 5) is 37.2. The highest BCUT2D eigenvalue weighted by molar-refractivity contribution is 7.17. The molecular formula is C26H23N3O6S. The van der Waals surface area contributed by atoms with E-state index in [0.29, 0.717) is 27.5 Å². The van der Waals surface area contributed by atoms with Gasteiger partial charge in [0.1, 0.15) is 28.2 Å². The number of thiophene rings is 1. The lowest BCUT2D eigenvalue weighted by atomic mass is 9.95. The third kappa shape index (κ3) is 5.06. The summed E-state index contributed by atoms with van der Waals surface area (Å²) in [6.45, 7) is 3.67. The summed E-state index contributed by atoms with van der Waals surface area (Å²) < 4.78 is 11.0. The molecule has 10 heteroatoms. The Morgan fingerprint density at radius 3 is 2.75 bits per heavy atom.